The Morgan fingerprint density at radius 1 is 1.18 bits per heavy atom. The molecule has 0 saturated carbocycles. The van der Waals surface area contributed by atoms with Gasteiger partial charge in [0, 0.05) is 17.2 Å². The van der Waals surface area contributed by atoms with Gasteiger partial charge in [0.05, 0.1) is 33.2 Å². The van der Waals surface area contributed by atoms with E-state index >= 15 is 0 Å². The van der Waals surface area contributed by atoms with Crippen LogP contribution in [0.1, 0.15) is 25.8 Å². The predicted octanol–water partition coefficient (Wildman–Crippen LogP) is 5.68. The summed E-state index contributed by atoms with van der Waals surface area (Å²) in [5.41, 5.74) is 0.943. The van der Waals surface area contributed by atoms with Crippen LogP contribution >= 0.6 is 11.6 Å². The molecule has 0 aliphatic rings. The lowest BCUT2D eigenvalue weighted by atomic mass is 10.2. The second-order valence-electron chi connectivity index (χ2n) is 7.62. The van der Waals surface area contributed by atoms with E-state index in [4.69, 9.17) is 16.3 Å². The van der Waals surface area contributed by atoms with Crippen LogP contribution in [0.15, 0.2) is 76.6 Å². The summed E-state index contributed by atoms with van der Waals surface area (Å²) in [6.45, 7) is 3.71. The number of benzene rings is 3. The lowest BCUT2D eigenvalue weighted by molar-refractivity contribution is -0.386. The quantitative estimate of drug-likeness (QED) is 0.194. The monoisotopic (exact) mass is 476 g/mol. The van der Waals surface area contributed by atoms with Crippen molar-refractivity contribution in [3.05, 3.63) is 97.8 Å². The fourth-order valence-electron chi connectivity index (χ4n) is 3.34. The van der Waals surface area contributed by atoms with Crippen molar-refractivity contribution in [2.45, 2.75) is 26.4 Å². The van der Waals surface area contributed by atoms with Crippen molar-refractivity contribution in [1.82, 2.24) is 9.66 Å². The molecule has 1 aromatic heterocycles. The summed E-state index contributed by atoms with van der Waals surface area (Å²) >= 11 is 6.33. The number of nitro benzene ring substituents is 1. The van der Waals surface area contributed by atoms with Crippen LogP contribution in [0.5, 0.6) is 5.75 Å². The van der Waals surface area contributed by atoms with Crippen LogP contribution in [-0.2, 0) is 0 Å². The van der Waals surface area contributed by atoms with E-state index in [9.17, 15) is 14.9 Å². The number of nitrogens with zero attached hydrogens (tertiary/aromatic N) is 4. The Kier molecular flexibility index (Phi) is 6.70. The van der Waals surface area contributed by atoms with Crippen molar-refractivity contribution in [2.75, 3.05) is 0 Å². The molecule has 34 heavy (non-hydrogen) atoms. The first-order valence-corrected chi connectivity index (χ1v) is 11.0. The molecule has 0 aliphatic heterocycles. The van der Waals surface area contributed by atoms with E-state index in [2.05, 4.69) is 10.1 Å². The lowest BCUT2D eigenvalue weighted by Crippen LogP contribution is -2.20. The zero-order valence-electron chi connectivity index (χ0n) is 18.5. The van der Waals surface area contributed by atoms with Gasteiger partial charge >= 0.3 is 5.69 Å². The number of nitro groups is 1. The minimum Gasteiger partial charge on any atom is -0.483 e. The maximum absolute atomic E-state index is 13.2. The van der Waals surface area contributed by atoms with E-state index in [0.717, 1.165) is 0 Å². The molecule has 0 radical (unpaired) electrons. The smallest absolute Gasteiger partial charge is 0.313 e. The number of para-hydroxylation sites is 1. The van der Waals surface area contributed by atoms with Crippen molar-refractivity contribution in [2.24, 2.45) is 5.10 Å². The van der Waals surface area contributed by atoms with Gasteiger partial charge in [-0.2, -0.15) is 9.78 Å². The molecule has 4 rings (SSSR count). The highest BCUT2D eigenvalue weighted by atomic mass is 35.5. The normalized spacial score (nSPS) is 12.2. The van der Waals surface area contributed by atoms with Crippen LogP contribution < -0.4 is 10.3 Å². The van der Waals surface area contributed by atoms with Crippen molar-refractivity contribution in [1.29, 1.82) is 0 Å². The summed E-state index contributed by atoms with van der Waals surface area (Å²) in [6.07, 6.45) is 1.76. The number of hydrogen-bond acceptors (Lipinski definition) is 6. The van der Waals surface area contributed by atoms with Crippen molar-refractivity contribution in [3.63, 3.8) is 0 Å². The van der Waals surface area contributed by atoms with Gasteiger partial charge in [-0.25, -0.2) is 4.98 Å². The molecule has 0 N–H and O–H groups in total. The maximum atomic E-state index is 13.2. The number of aromatic nitrogens is 2. The molecule has 1 heterocycles. The predicted molar refractivity (Wildman–Crippen MR) is 133 cm³/mol. The number of halogens is 1. The van der Waals surface area contributed by atoms with Crippen LogP contribution in [0.3, 0.4) is 0 Å². The molecular weight excluding hydrogens is 456 g/mol. The average molecular weight is 477 g/mol. The van der Waals surface area contributed by atoms with Gasteiger partial charge in [-0.15, -0.1) is 0 Å². The van der Waals surface area contributed by atoms with E-state index in [1.54, 1.807) is 31.2 Å². The Balaban J connectivity index is 1.85. The highest BCUT2D eigenvalue weighted by Gasteiger charge is 2.22. The van der Waals surface area contributed by atoms with E-state index in [-0.39, 0.29) is 28.1 Å². The average Bonchev–Trinajstić information content (AvgIpc) is 2.85. The third-order valence-corrected chi connectivity index (χ3v) is 5.53. The molecule has 0 saturated heterocycles. The largest absolute Gasteiger partial charge is 0.483 e. The fourth-order valence-corrected chi connectivity index (χ4v) is 3.61. The Hall–Kier alpha value is -4.04. The fraction of sp³-hybridized carbons (Fsp3) is 0.160. The molecule has 3 aromatic carbocycles. The zero-order valence-corrected chi connectivity index (χ0v) is 19.3. The molecule has 0 bridgehead atoms. The molecule has 0 aliphatic carbocycles. The molecule has 1 atom stereocenters. The Morgan fingerprint density at radius 2 is 1.88 bits per heavy atom. The van der Waals surface area contributed by atoms with E-state index in [0.29, 0.717) is 34.3 Å². The molecule has 0 fully saturated rings. The number of fused-ring (bicyclic) bond motifs is 1. The number of ether oxygens (including phenoxy) is 1. The van der Waals surface area contributed by atoms with Crippen LogP contribution in [-0.4, -0.2) is 26.9 Å². The third-order valence-electron chi connectivity index (χ3n) is 5.25. The molecular formula is C25H21ClN4O4. The highest BCUT2D eigenvalue weighted by molar-refractivity contribution is 6.32. The van der Waals surface area contributed by atoms with Gasteiger partial charge in [-0.1, -0.05) is 61.0 Å². The van der Waals surface area contributed by atoms with Crippen LogP contribution in [0.4, 0.5) is 5.69 Å². The van der Waals surface area contributed by atoms with Gasteiger partial charge in [0.15, 0.2) is 5.82 Å². The summed E-state index contributed by atoms with van der Waals surface area (Å²) in [4.78, 5) is 29.0. The summed E-state index contributed by atoms with van der Waals surface area (Å²) in [7, 11) is 0. The minimum absolute atomic E-state index is 0.00711. The van der Waals surface area contributed by atoms with Gasteiger partial charge in [0.1, 0.15) is 0 Å². The van der Waals surface area contributed by atoms with Gasteiger partial charge in [0.25, 0.3) is 5.56 Å². The SMILES string of the molecule is CC[C@H](C)Oc1c(Cl)cc(C=Nn2c(-c3ccccc3)nc3ccccc3c2=O)cc1[N+](=O)[O-]. The van der Waals surface area contributed by atoms with Crippen molar-refractivity contribution < 1.29 is 9.66 Å². The first-order valence-electron chi connectivity index (χ1n) is 10.6. The molecule has 4 aromatic rings. The summed E-state index contributed by atoms with van der Waals surface area (Å²) in [6, 6.07) is 19.0. The van der Waals surface area contributed by atoms with E-state index in [1.165, 1.54) is 23.0 Å². The Bertz CT molecular complexity index is 1450. The molecule has 9 heteroatoms. The number of hydrogen-bond donors (Lipinski definition) is 0. The molecule has 172 valence electrons. The Morgan fingerprint density at radius 3 is 2.59 bits per heavy atom. The second kappa shape index (κ2) is 9.84. The van der Waals surface area contributed by atoms with Crippen molar-refractivity contribution >= 4 is 34.4 Å². The molecule has 0 unspecified atom stereocenters. The summed E-state index contributed by atoms with van der Waals surface area (Å²) < 4.78 is 6.85. The highest BCUT2D eigenvalue weighted by Crippen LogP contribution is 2.36. The second-order valence-corrected chi connectivity index (χ2v) is 8.03. The van der Waals surface area contributed by atoms with Gasteiger partial charge in [0.2, 0.25) is 5.75 Å². The topological polar surface area (TPSA) is 99.6 Å². The maximum Gasteiger partial charge on any atom is 0.313 e. The van der Waals surface area contributed by atoms with Crippen LogP contribution in [0, 0.1) is 10.1 Å². The van der Waals surface area contributed by atoms with E-state index in [1.807, 2.05) is 37.3 Å². The first-order chi connectivity index (χ1) is 16.4. The lowest BCUT2D eigenvalue weighted by Gasteiger charge is -2.14. The molecule has 8 nitrogen and oxygen atoms in total. The summed E-state index contributed by atoms with van der Waals surface area (Å²) in [5, 5.41) is 16.5. The zero-order chi connectivity index (χ0) is 24.2. The summed E-state index contributed by atoms with van der Waals surface area (Å²) in [5.74, 6) is 0.352. The van der Waals surface area contributed by atoms with Crippen LogP contribution in [0.2, 0.25) is 5.02 Å². The standard InChI is InChI=1S/C25H21ClN4O4/c1-3-16(2)34-23-20(26)13-17(14-22(23)30(32)33)15-27-29-24(18-9-5-4-6-10-18)28-21-12-8-7-11-19(21)25(29)31/h4-16H,3H2,1-2H3/t16-/m0/s1. The molecule has 0 amide bonds. The van der Waals surface area contributed by atoms with Gasteiger partial charge in [-0.3, -0.25) is 14.9 Å². The van der Waals surface area contributed by atoms with Crippen LogP contribution in [0.25, 0.3) is 22.3 Å². The number of rotatable bonds is 7. The first kappa shape index (κ1) is 23.1. The minimum atomic E-state index is -0.555. The van der Waals surface area contributed by atoms with Gasteiger partial charge in [-0.05, 0) is 31.5 Å². The third kappa shape index (κ3) is 4.67. The Labute approximate surface area is 200 Å². The van der Waals surface area contributed by atoms with Gasteiger partial charge < -0.3 is 4.74 Å². The molecule has 0 spiro atoms. The van der Waals surface area contributed by atoms with E-state index < -0.39 is 4.92 Å². The van der Waals surface area contributed by atoms with Crippen molar-refractivity contribution in [3.8, 4) is 17.1 Å².